The predicted octanol–water partition coefficient (Wildman–Crippen LogP) is 9.61. The lowest BCUT2D eigenvalue weighted by Crippen LogP contribution is -1.85. The summed E-state index contributed by atoms with van der Waals surface area (Å²) in [6.45, 7) is 0. The summed E-state index contributed by atoms with van der Waals surface area (Å²) in [4.78, 5) is 35.0. The molecule has 0 unspecified atom stereocenters. The Bertz CT molecular complexity index is 3070. The Morgan fingerprint density at radius 3 is 1.17 bits per heavy atom. The summed E-state index contributed by atoms with van der Waals surface area (Å²) in [6.07, 6.45) is 8.21. The third-order valence-electron chi connectivity index (χ3n) is 9.71. The van der Waals surface area contributed by atoms with E-state index in [1.165, 1.54) is 0 Å². The molecule has 10 aromatic rings. The molecule has 8 nitrogen and oxygen atoms in total. The monoisotopic (exact) mass is 614 g/mol. The van der Waals surface area contributed by atoms with Gasteiger partial charge in [0.15, 0.2) is 0 Å². The van der Waals surface area contributed by atoms with Gasteiger partial charge in [-0.15, -0.1) is 0 Å². The number of aromatic amines is 4. The van der Waals surface area contributed by atoms with Crippen LogP contribution in [0.5, 0.6) is 0 Å². The third-order valence-corrected chi connectivity index (χ3v) is 9.71. The Labute approximate surface area is 269 Å². The minimum atomic E-state index is 0.887. The summed E-state index contributed by atoms with van der Waals surface area (Å²) in [5.74, 6) is 0. The van der Waals surface area contributed by atoms with E-state index in [1.54, 1.807) is 0 Å². The highest BCUT2D eigenvalue weighted by molar-refractivity contribution is 6.39. The van der Waals surface area contributed by atoms with Crippen molar-refractivity contribution >= 4 is 123 Å². The number of aromatic nitrogens is 8. The Kier molecular flexibility index (Phi) is 4.33. The van der Waals surface area contributed by atoms with Crippen molar-refractivity contribution in [2.24, 2.45) is 0 Å². The lowest BCUT2D eigenvalue weighted by Gasteiger charge is -2.07. The molecule has 0 fully saturated rings. The molecule has 16 bridgehead atoms. The summed E-state index contributed by atoms with van der Waals surface area (Å²) in [5.41, 5.74) is 15.2. The van der Waals surface area contributed by atoms with Crippen molar-refractivity contribution < 1.29 is 0 Å². The molecule has 12 rings (SSSR count). The molecule has 0 radical (unpaired) electrons. The van der Waals surface area contributed by atoms with Gasteiger partial charge >= 0.3 is 0 Å². The van der Waals surface area contributed by atoms with Crippen LogP contribution in [-0.4, -0.2) is 39.9 Å². The van der Waals surface area contributed by atoms with Crippen LogP contribution < -0.4 is 0 Å². The Balaban J connectivity index is 1.37. The number of hydrogen-bond donors (Lipinski definition) is 4. The second kappa shape index (κ2) is 8.51. The largest absolute Gasteiger partial charge is 0.355 e. The first-order valence-corrected chi connectivity index (χ1v) is 16.0. The fourth-order valence-electron chi connectivity index (χ4n) is 7.73. The second-order valence-corrected chi connectivity index (χ2v) is 12.9. The van der Waals surface area contributed by atoms with Crippen LogP contribution in [-0.2, 0) is 0 Å². The number of hydrogen-bond acceptors (Lipinski definition) is 4. The topological polar surface area (TPSA) is 115 Å². The van der Waals surface area contributed by atoms with Crippen molar-refractivity contribution in [2.45, 2.75) is 0 Å². The number of fused-ring (bicyclic) bond motifs is 14. The molecule has 0 amide bonds. The molecular formula is C40H22N8. The number of benzene rings is 2. The molecule has 10 heterocycles. The summed E-state index contributed by atoms with van der Waals surface area (Å²) in [5, 5.41) is 6.48. The molecule has 0 aliphatic carbocycles. The summed E-state index contributed by atoms with van der Waals surface area (Å²) in [7, 11) is 0. The zero-order valence-electron chi connectivity index (χ0n) is 25.2. The summed E-state index contributed by atoms with van der Waals surface area (Å²) >= 11 is 0. The van der Waals surface area contributed by atoms with E-state index in [1.807, 2.05) is 12.2 Å². The zero-order valence-corrected chi connectivity index (χ0v) is 25.2. The van der Waals surface area contributed by atoms with Crippen LogP contribution in [0.2, 0.25) is 0 Å². The van der Waals surface area contributed by atoms with Crippen molar-refractivity contribution in [3.8, 4) is 0 Å². The van der Waals surface area contributed by atoms with Gasteiger partial charge in [0.25, 0.3) is 0 Å². The van der Waals surface area contributed by atoms with E-state index >= 15 is 0 Å². The average molecular weight is 615 g/mol. The summed E-state index contributed by atoms with van der Waals surface area (Å²) < 4.78 is 0. The molecule has 2 aliphatic heterocycles. The normalized spacial score (nSPS) is 13.2. The van der Waals surface area contributed by atoms with Crippen LogP contribution in [0, 0.1) is 0 Å². The van der Waals surface area contributed by atoms with Gasteiger partial charge < -0.3 is 19.9 Å². The van der Waals surface area contributed by atoms with Crippen LogP contribution in [0.25, 0.3) is 123 Å². The van der Waals surface area contributed by atoms with Crippen LogP contribution in [0.1, 0.15) is 22.8 Å². The molecule has 2 aliphatic rings. The van der Waals surface area contributed by atoms with Crippen molar-refractivity contribution in [1.29, 1.82) is 0 Å². The van der Waals surface area contributed by atoms with E-state index < -0.39 is 0 Å². The molecule has 4 N–H and O–H groups in total. The van der Waals surface area contributed by atoms with E-state index in [0.29, 0.717) is 0 Å². The van der Waals surface area contributed by atoms with Crippen molar-refractivity contribution in [3.05, 3.63) is 108 Å². The number of H-pyrrole nitrogens is 4. The van der Waals surface area contributed by atoms with E-state index in [-0.39, 0.29) is 0 Å². The van der Waals surface area contributed by atoms with Crippen LogP contribution >= 0.6 is 0 Å². The number of rotatable bonds is 0. The molecular weight excluding hydrogens is 592 g/mol. The van der Waals surface area contributed by atoms with Gasteiger partial charge in [-0.2, -0.15) is 0 Å². The number of nitrogens with one attached hydrogen (secondary N) is 4. The van der Waals surface area contributed by atoms with Crippen LogP contribution in [0.15, 0.2) is 84.9 Å². The molecule has 2 aromatic carbocycles. The Morgan fingerprint density at radius 1 is 0.333 bits per heavy atom. The maximum atomic E-state index is 5.32. The van der Waals surface area contributed by atoms with Crippen molar-refractivity contribution in [1.82, 2.24) is 39.9 Å². The fraction of sp³-hybridized carbons (Fsp3) is 0. The van der Waals surface area contributed by atoms with E-state index in [4.69, 9.17) is 19.9 Å². The molecule has 8 aromatic heterocycles. The minimum absolute atomic E-state index is 0.887. The SMILES string of the molecule is C1=Cc2cc3cc4c5cc6cc7ccc(cc8nc(cc9cc%10c%11cc(cc%12ccc(cc1n2)[nH]%12)nc%11c(c4[nH]3)c(c5n6)c%10[nH]9)C=C8)[nH]7. The van der Waals surface area contributed by atoms with Gasteiger partial charge in [-0.3, -0.25) is 0 Å². The lowest BCUT2D eigenvalue weighted by atomic mass is 9.98. The maximum absolute atomic E-state index is 5.32. The molecule has 48 heavy (non-hydrogen) atoms. The molecule has 0 spiro atoms. The smallest absolute Gasteiger partial charge is 0.0817 e. The highest BCUT2D eigenvalue weighted by Crippen LogP contribution is 2.44. The molecule has 0 saturated heterocycles. The first kappa shape index (κ1) is 24.4. The van der Waals surface area contributed by atoms with E-state index in [9.17, 15) is 0 Å². The predicted molar refractivity (Wildman–Crippen MR) is 197 cm³/mol. The Morgan fingerprint density at radius 2 is 0.729 bits per heavy atom. The van der Waals surface area contributed by atoms with Crippen molar-refractivity contribution in [3.63, 3.8) is 0 Å². The van der Waals surface area contributed by atoms with Gasteiger partial charge in [0.2, 0.25) is 0 Å². The van der Waals surface area contributed by atoms with Crippen LogP contribution in [0.3, 0.4) is 0 Å². The molecule has 0 saturated carbocycles. The quantitative estimate of drug-likeness (QED) is 0.136. The van der Waals surface area contributed by atoms with Gasteiger partial charge in [0, 0.05) is 65.4 Å². The zero-order chi connectivity index (χ0) is 31.1. The standard InChI is InChI=1S/C40H22N8/c1-5-23-11-27-15-31-32-17-29-13-25-7-3-21(43-25)10-22-4-8-26(44-22)14-30-18-34-33-16-28(12-24-6-2-20(42-24)9-19(1)41-23)46-39(33)35(37(31)45-27)36(38(32)47-29)40(34)48-30/h1-18,41,44,46-47H. The maximum Gasteiger partial charge on any atom is 0.0817 e. The minimum Gasteiger partial charge on any atom is -0.355 e. The van der Waals surface area contributed by atoms with Gasteiger partial charge in [0.1, 0.15) is 0 Å². The van der Waals surface area contributed by atoms with Gasteiger partial charge in [0.05, 0.1) is 55.9 Å². The number of nitrogens with zero attached hydrogens (tertiary/aromatic N) is 4. The molecule has 8 heteroatoms. The van der Waals surface area contributed by atoms with E-state index in [2.05, 4.69) is 117 Å². The highest BCUT2D eigenvalue weighted by atomic mass is 14.8. The first-order chi connectivity index (χ1) is 23.6. The lowest BCUT2D eigenvalue weighted by molar-refractivity contribution is 1.32. The third kappa shape index (κ3) is 3.43. The van der Waals surface area contributed by atoms with Gasteiger partial charge in [-0.05, 0) is 109 Å². The van der Waals surface area contributed by atoms with Gasteiger partial charge in [-0.1, -0.05) is 0 Å². The fourth-order valence-corrected chi connectivity index (χ4v) is 7.73. The highest BCUT2D eigenvalue weighted by Gasteiger charge is 2.22. The van der Waals surface area contributed by atoms with Gasteiger partial charge in [-0.25, -0.2) is 19.9 Å². The average Bonchev–Trinajstić information content (AvgIpc) is 3.89. The van der Waals surface area contributed by atoms with Crippen LogP contribution in [0.4, 0.5) is 0 Å². The second-order valence-electron chi connectivity index (χ2n) is 12.9. The molecule has 0 atom stereocenters. The van der Waals surface area contributed by atoms with E-state index in [0.717, 1.165) is 121 Å². The first-order valence-electron chi connectivity index (χ1n) is 16.0. The van der Waals surface area contributed by atoms with Crippen molar-refractivity contribution in [2.75, 3.05) is 0 Å². The Hall–Kier alpha value is -6.80. The summed E-state index contributed by atoms with van der Waals surface area (Å²) in [6, 6.07) is 29.7. The molecule has 222 valence electrons.